The van der Waals surface area contributed by atoms with Gasteiger partial charge in [0, 0.05) is 16.4 Å². The van der Waals surface area contributed by atoms with Gasteiger partial charge in [-0.05, 0) is 42.8 Å². The fourth-order valence-corrected chi connectivity index (χ4v) is 3.24. The van der Waals surface area contributed by atoms with Crippen LogP contribution in [0.2, 0.25) is 0 Å². The molecule has 0 aliphatic carbocycles. The number of carbonyl (C=O) groups is 1. The first-order valence-electron chi connectivity index (χ1n) is 8.14. The molecule has 1 atom stereocenters. The van der Waals surface area contributed by atoms with Crippen LogP contribution < -0.4 is 11.1 Å². The highest BCUT2D eigenvalue weighted by molar-refractivity contribution is 9.10. The molecular weight excluding hydrogens is 477 g/mol. The Morgan fingerprint density at radius 1 is 1.31 bits per heavy atom. The topological polar surface area (TPSA) is 89.6 Å². The summed E-state index contributed by atoms with van der Waals surface area (Å²) in [7, 11) is 0. The average Bonchev–Trinajstić information content (AvgIpc) is 2.60. The third kappa shape index (κ3) is 5.46. The number of carbonyl (C=O) groups excluding carboxylic acids is 1. The van der Waals surface area contributed by atoms with E-state index in [9.17, 15) is 18.0 Å². The van der Waals surface area contributed by atoms with Crippen molar-refractivity contribution in [2.45, 2.75) is 18.6 Å². The van der Waals surface area contributed by atoms with Gasteiger partial charge in [0.2, 0.25) is 0 Å². The highest BCUT2D eigenvalue weighted by atomic mass is 79.9. The lowest BCUT2D eigenvalue weighted by molar-refractivity contribution is -0.137. The molecule has 0 radical (unpaired) electrons. The van der Waals surface area contributed by atoms with Crippen molar-refractivity contribution in [1.82, 2.24) is 4.98 Å². The van der Waals surface area contributed by atoms with E-state index < -0.39 is 23.2 Å². The molecule has 1 aromatic carbocycles. The minimum absolute atomic E-state index is 0. The van der Waals surface area contributed by atoms with Gasteiger partial charge in [0.15, 0.2) is 0 Å². The summed E-state index contributed by atoms with van der Waals surface area (Å²) in [5.74, 6) is -0.265. The number of aliphatic imine (C=N–C) groups is 1. The second-order valence-electron chi connectivity index (χ2n) is 6.48. The predicted octanol–water partition coefficient (Wildman–Crippen LogP) is 4.14. The van der Waals surface area contributed by atoms with Crippen molar-refractivity contribution in [2.75, 3.05) is 18.5 Å². The Bertz CT molecular complexity index is 938. The maximum absolute atomic E-state index is 12.6. The molecule has 2 heterocycles. The van der Waals surface area contributed by atoms with E-state index in [-0.39, 0.29) is 24.7 Å². The van der Waals surface area contributed by atoms with Crippen LogP contribution >= 0.6 is 28.3 Å². The molecule has 156 valence electrons. The van der Waals surface area contributed by atoms with Crippen LogP contribution in [-0.2, 0) is 16.5 Å². The van der Waals surface area contributed by atoms with Crippen molar-refractivity contribution in [3.8, 4) is 0 Å². The lowest BCUT2D eigenvalue weighted by atomic mass is 9.92. The predicted molar refractivity (Wildman–Crippen MR) is 108 cm³/mol. The molecule has 0 spiro atoms. The number of ether oxygens (including phenoxy) is 1. The Kier molecular flexibility index (Phi) is 6.92. The highest BCUT2D eigenvalue weighted by Gasteiger charge is 2.32. The van der Waals surface area contributed by atoms with Crippen molar-refractivity contribution in [3.63, 3.8) is 0 Å². The van der Waals surface area contributed by atoms with Crippen LogP contribution in [0.3, 0.4) is 0 Å². The molecule has 0 bridgehead atoms. The van der Waals surface area contributed by atoms with Gasteiger partial charge in [0.25, 0.3) is 5.91 Å². The summed E-state index contributed by atoms with van der Waals surface area (Å²) in [5.41, 5.74) is 5.18. The second-order valence-corrected chi connectivity index (χ2v) is 7.40. The number of pyridine rings is 1. The van der Waals surface area contributed by atoms with Gasteiger partial charge in [0.05, 0.1) is 12.2 Å². The minimum atomic E-state index is -4.51. The number of hydrogen-bond donors (Lipinski definition) is 2. The van der Waals surface area contributed by atoms with E-state index in [1.54, 1.807) is 12.1 Å². The van der Waals surface area contributed by atoms with Crippen LogP contribution in [0.25, 0.3) is 0 Å². The van der Waals surface area contributed by atoms with E-state index in [0.29, 0.717) is 28.8 Å². The quantitative estimate of drug-likeness (QED) is 0.673. The molecule has 3 N–H and O–H groups in total. The smallest absolute Gasteiger partial charge is 0.386 e. The second kappa shape index (κ2) is 8.68. The van der Waals surface area contributed by atoms with Crippen LogP contribution in [0.5, 0.6) is 0 Å². The van der Waals surface area contributed by atoms with Crippen molar-refractivity contribution in [3.05, 3.63) is 57.8 Å². The summed E-state index contributed by atoms with van der Waals surface area (Å²) in [6.07, 6.45) is -3.89. The molecule has 6 nitrogen and oxygen atoms in total. The van der Waals surface area contributed by atoms with E-state index in [1.807, 2.05) is 13.0 Å². The first-order valence-corrected chi connectivity index (χ1v) is 8.94. The fraction of sp³-hybridized carbons (Fsp3) is 0.278. The first kappa shape index (κ1) is 23.1. The van der Waals surface area contributed by atoms with Gasteiger partial charge in [0.1, 0.15) is 23.7 Å². The van der Waals surface area contributed by atoms with Gasteiger partial charge in [-0.2, -0.15) is 13.2 Å². The third-order valence-corrected chi connectivity index (χ3v) is 4.58. The normalized spacial score (nSPS) is 19.1. The zero-order valence-electron chi connectivity index (χ0n) is 15.1. The summed E-state index contributed by atoms with van der Waals surface area (Å²) in [6, 6.07) is 7.03. The number of nitrogens with zero attached hydrogens (tertiary/aromatic N) is 2. The summed E-state index contributed by atoms with van der Waals surface area (Å²) in [6.45, 7) is 2.43. The molecule has 0 saturated heterocycles. The van der Waals surface area contributed by atoms with Gasteiger partial charge < -0.3 is 15.8 Å². The van der Waals surface area contributed by atoms with E-state index in [2.05, 4.69) is 31.2 Å². The average molecular weight is 494 g/mol. The lowest BCUT2D eigenvalue weighted by Gasteiger charge is -2.30. The van der Waals surface area contributed by atoms with Gasteiger partial charge in [-0.1, -0.05) is 15.9 Å². The third-order valence-electron chi connectivity index (χ3n) is 4.12. The van der Waals surface area contributed by atoms with Crippen molar-refractivity contribution in [2.24, 2.45) is 10.7 Å². The molecule has 1 aromatic heterocycles. The monoisotopic (exact) mass is 492 g/mol. The number of nitrogens with two attached hydrogens (primary N) is 1. The Labute approximate surface area is 179 Å². The number of amides is 1. The largest absolute Gasteiger partial charge is 0.417 e. The molecular formula is C18H17BrClF3N4O2. The van der Waals surface area contributed by atoms with E-state index in [0.717, 1.165) is 17.7 Å². The molecule has 2 aromatic rings. The highest BCUT2D eigenvalue weighted by Crippen LogP contribution is 2.33. The number of rotatable bonds is 3. The Hall–Kier alpha value is -2.17. The van der Waals surface area contributed by atoms with Gasteiger partial charge in [-0.15, -0.1) is 12.4 Å². The molecule has 0 unspecified atom stereocenters. The minimum Gasteiger partial charge on any atom is -0.386 e. The standard InChI is InChI=1S/C18H16BrF3N4O2.ClH/c1-17(9-28-8-15(23)26-17)11-4-12(19)6-13(5-11)25-16(27)14-3-2-10(7-24-14)18(20,21)22;/h2-7H,8-9H2,1H3,(H2,23,26)(H,25,27);1H/t17-;/m0./s1. The number of anilines is 1. The summed E-state index contributed by atoms with van der Waals surface area (Å²) >= 11 is 3.38. The van der Waals surface area contributed by atoms with Crippen LogP contribution in [0.15, 0.2) is 46.0 Å². The van der Waals surface area contributed by atoms with Crippen molar-refractivity contribution >= 4 is 45.8 Å². The van der Waals surface area contributed by atoms with Crippen molar-refractivity contribution in [1.29, 1.82) is 0 Å². The van der Waals surface area contributed by atoms with E-state index >= 15 is 0 Å². The number of nitrogens with one attached hydrogen (secondary N) is 1. The molecule has 29 heavy (non-hydrogen) atoms. The summed E-state index contributed by atoms with van der Waals surface area (Å²) in [4.78, 5) is 20.4. The molecule has 0 saturated carbocycles. The fourth-order valence-electron chi connectivity index (χ4n) is 2.75. The Morgan fingerprint density at radius 3 is 2.62 bits per heavy atom. The number of alkyl halides is 3. The molecule has 11 heteroatoms. The molecule has 1 amide bonds. The van der Waals surface area contributed by atoms with E-state index in [1.165, 1.54) is 0 Å². The summed E-state index contributed by atoms with van der Waals surface area (Å²) < 4.78 is 44.0. The maximum atomic E-state index is 12.6. The molecule has 3 rings (SSSR count). The molecule has 0 fully saturated rings. The number of amidine groups is 1. The van der Waals surface area contributed by atoms with Crippen LogP contribution in [0, 0.1) is 0 Å². The Balaban J connectivity index is 0.00000300. The SMILES string of the molecule is C[C@@]1(c2cc(Br)cc(NC(=O)c3ccc(C(F)(F)F)cn3)c2)COCC(N)=N1.Cl. The van der Waals surface area contributed by atoms with Crippen LogP contribution in [0.1, 0.15) is 28.5 Å². The van der Waals surface area contributed by atoms with Crippen LogP contribution in [-0.4, -0.2) is 29.9 Å². The van der Waals surface area contributed by atoms with Gasteiger partial charge in [-0.3, -0.25) is 14.8 Å². The number of benzene rings is 1. The summed E-state index contributed by atoms with van der Waals surface area (Å²) in [5, 5.41) is 2.63. The molecule has 1 aliphatic rings. The number of halogens is 5. The van der Waals surface area contributed by atoms with Gasteiger partial charge >= 0.3 is 6.18 Å². The number of aromatic nitrogens is 1. The number of hydrogen-bond acceptors (Lipinski definition) is 5. The zero-order chi connectivity index (χ0) is 20.5. The van der Waals surface area contributed by atoms with Gasteiger partial charge in [-0.25, -0.2) is 0 Å². The Morgan fingerprint density at radius 2 is 2.03 bits per heavy atom. The van der Waals surface area contributed by atoms with Crippen LogP contribution in [0.4, 0.5) is 18.9 Å². The van der Waals surface area contributed by atoms with E-state index in [4.69, 9.17) is 10.5 Å². The maximum Gasteiger partial charge on any atom is 0.417 e. The molecule has 1 aliphatic heterocycles. The zero-order valence-corrected chi connectivity index (χ0v) is 17.5. The first-order chi connectivity index (χ1) is 13.1. The van der Waals surface area contributed by atoms with Crippen molar-refractivity contribution < 1.29 is 22.7 Å². The lowest BCUT2D eigenvalue weighted by Crippen LogP contribution is -2.37.